The number of nitrogens with zero attached hydrogens (tertiary/aromatic N) is 1. The summed E-state index contributed by atoms with van der Waals surface area (Å²) in [5, 5.41) is 8.86. The summed E-state index contributed by atoms with van der Waals surface area (Å²) in [4.78, 5) is 14.6. The van der Waals surface area contributed by atoms with Crippen LogP contribution in [0.2, 0.25) is 0 Å². The van der Waals surface area contributed by atoms with Crippen molar-refractivity contribution in [3.8, 4) is 5.75 Å². The van der Waals surface area contributed by atoms with Crippen LogP contribution in [0.5, 0.6) is 5.75 Å². The largest absolute Gasteiger partial charge is 0.488 e. The van der Waals surface area contributed by atoms with E-state index in [4.69, 9.17) is 15.6 Å². The maximum absolute atomic E-state index is 10.8. The number of carbonyl (C=O) groups is 1. The highest BCUT2D eigenvalue weighted by molar-refractivity contribution is 5.91. The van der Waals surface area contributed by atoms with Crippen molar-refractivity contribution in [1.82, 2.24) is 4.98 Å². The van der Waals surface area contributed by atoms with Crippen molar-refractivity contribution < 1.29 is 14.6 Å². The monoisotopic (exact) mass is 194 g/mol. The number of aromatic nitrogens is 1. The van der Waals surface area contributed by atoms with Crippen molar-refractivity contribution in [3.63, 3.8) is 0 Å². The Morgan fingerprint density at radius 2 is 2.36 bits per heavy atom. The number of nitrogens with two attached hydrogens (primary N) is 1. The van der Waals surface area contributed by atoms with Crippen LogP contribution in [0.3, 0.4) is 0 Å². The minimum atomic E-state index is -1.05. The number of rotatable bonds is 3. The van der Waals surface area contributed by atoms with E-state index < -0.39 is 5.97 Å². The van der Waals surface area contributed by atoms with E-state index in [0.717, 1.165) is 12.8 Å². The normalized spacial score (nSPS) is 15.1. The summed E-state index contributed by atoms with van der Waals surface area (Å²) in [5.41, 5.74) is 5.46. The molecule has 5 heteroatoms. The molecule has 3 N–H and O–H groups in total. The van der Waals surface area contributed by atoms with Crippen molar-refractivity contribution in [2.75, 3.05) is 5.73 Å². The van der Waals surface area contributed by atoms with Gasteiger partial charge in [0.25, 0.3) is 0 Å². The average molecular weight is 194 g/mol. The van der Waals surface area contributed by atoms with Crippen molar-refractivity contribution in [2.45, 2.75) is 18.9 Å². The lowest BCUT2D eigenvalue weighted by Crippen LogP contribution is -2.06. The molecule has 0 atom stereocenters. The molecule has 0 aliphatic heterocycles. The van der Waals surface area contributed by atoms with Gasteiger partial charge < -0.3 is 15.6 Å². The Bertz CT molecular complexity index is 374. The number of carboxylic acids is 1. The third-order valence-corrected chi connectivity index (χ3v) is 1.94. The molecule has 0 saturated heterocycles. The van der Waals surface area contributed by atoms with E-state index in [0.29, 0.717) is 5.75 Å². The summed E-state index contributed by atoms with van der Waals surface area (Å²) in [6.45, 7) is 0. The van der Waals surface area contributed by atoms with Gasteiger partial charge in [0, 0.05) is 0 Å². The zero-order valence-electron chi connectivity index (χ0n) is 7.43. The van der Waals surface area contributed by atoms with E-state index in [1.165, 1.54) is 12.3 Å². The summed E-state index contributed by atoms with van der Waals surface area (Å²) >= 11 is 0. The van der Waals surface area contributed by atoms with Crippen LogP contribution < -0.4 is 10.5 Å². The molecule has 1 heterocycles. The van der Waals surface area contributed by atoms with Gasteiger partial charge in [-0.05, 0) is 18.9 Å². The number of pyridine rings is 1. The van der Waals surface area contributed by atoms with E-state index in [1.54, 1.807) is 0 Å². The van der Waals surface area contributed by atoms with Gasteiger partial charge in [-0.2, -0.15) is 0 Å². The third-order valence-electron chi connectivity index (χ3n) is 1.94. The zero-order chi connectivity index (χ0) is 10.1. The molecule has 0 bridgehead atoms. The van der Waals surface area contributed by atoms with Crippen molar-refractivity contribution in [1.29, 1.82) is 0 Å². The molecule has 0 radical (unpaired) electrons. The molecule has 1 aromatic rings. The molecular weight excluding hydrogens is 184 g/mol. The summed E-state index contributed by atoms with van der Waals surface area (Å²) in [6.07, 6.45) is 3.46. The van der Waals surface area contributed by atoms with E-state index in [2.05, 4.69) is 4.98 Å². The lowest BCUT2D eigenvalue weighted by atomic mass is 10.2. The second-order valence-corrected chi connectivity index (χ2v) is 3.23. The van der Waals surface area contributed by atoms with E-state index in [-0.39, 0.29) is 17.5 Å². The Morgan fingerprint density at radius 1 is 1.64 bits per heavy atom. The second kappa shape index (κ2) is 3.17. The molecular formula is C9H10N2O3. The van der Waals surface area contributed by atoms with Gasteiger partial charge in [-0.15, -0.1) is 0 Å². The van der Waals surface area contributed by atoms with Crippen LogP contribution in [0.15, 0.2) is 12.3 Å². The van der Waals surface area contributed by atoms with Gasteiger partial charge in [0.15, 0.2) is 5.75 Å². The quantitative estimate of drug-likeness (QED) is 0.746. The van der Waals surface area contributed by atoms with Crippen LogP contribution in [0.4, 0.5) is 5.82 Å². The van der Waals surface area contributed by atoms with Crippen LogP contribution >= 0.6 is 0 Å². The second-order valence-electron chi connectivity index (χ2n) is 3.23. The molecule has 5 nitrogen and oxygen atoms in total. The van der Waals surface area contributed by atoms with Gasteiger partial charge >= 0.3 is 5.97 Å². The smallest absolute Gasteiger partial charge is 0.339 e. The molecule has 1 aliphatic rings. The number of hydrogen-bond acceptors (Lipinski definition) is 4. The van der Waals surface area contributed by atoms with Crippen molar-refractivity contribution >= 4 is 11.8 Å². The summed E-state index contributed by atoms with van der Waals surface area (Å²) in [5.74, 6) is -0.561. The molecule has 14 heavy (non-hydrogen) atoms. The number of aromatic carboxylic acids is 1. The highest BCUT2D eigenvalue weighted by Crippen LogP contribution is 2.29. The average Bonchev–Trinajstić information content (AvgIpc) is 2.91. The van der Waals surface area contributed by atoms with E-state index in [1.807, 2.05) is 0 Å². The van der Waals surface area contributed by atoms with Crippen LogP contribution in [-0.2, 0) is 0 Å². The number of ether oxygens (including phenoxy) is 1. The van der Waals surface area contributed by atoms with Crippen molar-refractivity contribution in [3.05, 3.63) is 17.8 Å². The van der Waals surface area contributed by atoms with E-state index in [9.17, 15) is 4.79 Å². The molecule has 74 valence electrons. The van der Waals surface area contributed by atoms with E-state index >= 15 is 0 Å². The predicted octanol–water partition coefficient (Wildman–Crippen LogP) is 0.903. The lowest BCUT2D eigenvalue weighted by Gasteiger charge is -2.07. The maximum atomic E-state index is 10.8. The first-order chi connectivity index (χ1) is 6.66. The minimum absolute atomic E-state index is 0.0735. The molecule has 1 aliphatic carbocycles. The molecule has 0 amide bonds. The van der Waals surface area contributed by atoms with Gasteiger partial charge in [0.1, 0.15) is 11.4 Å². The SMILES string of the molecule is Nc1cc(C(=O)O)c(OC2CC2)cn1. The number of carboxylic acid groups (broad SMARTS) is 1. The molecule has 0 spiro atoms. The lowest BCUT2D eigenvalue weighted by molar-refractivity contribution is 0.0691. The zero-order valence-corrected chi connectivity index (χ0v) is 7.43. The Balaban J connectivity index is 2.31. The Kier molecular flexibility index (Phi) is 1.99. The van der Waals surface area contributed by atoms with Gasteiger partial charge in [-0.25, -0.2) is 9.78 Å². The first-order valence-electron chi connectivity index (χ1n) is 4.32. The van der Waals surface area contributed by atoms with Crippen LogP contribution in [0.1, 0.15) is 23.2 Å². The molecule has 2 rings (SSSR count). The fraction of sp³-hybridized carbons (Fsp3) is 0.333. The predicted molar refractivity (Wildman–Crippen MR) is 49.3 cm³/mol. The highest BCUT2D eigenvalue weighted by Gasteiger charge is 2.25. The standard InChI is InChI=1S/C9H10N2O3/c10-8-3-6(9(12)13)7(4-11-8)14-5-1-2-5/h3-5H,1-2H2,(H2,10,11)(H,12,13). The third kappa shape index (κ3) is 1.76. The molecule has 1 aromatic heterocycles. The molecule has 0 unspecified atom stereocenters. The van der Waals surface area contributed by atoms with Gasteiger partial charge in [0.05, 0.1) is 12.3 Å². The van der Waals surface area contributed by atoms with Crippen LogP contribution in [-0.4, -0.2) is 22.2 Å². The summed E-state index contributed by atoms with van der Waals surface area (Å²) < 4.78 is 5.37. The van der Waals surface area contributed by atoms with Gasteiger partial charge in [-0.1, -0.05) is 0 Å². The fourth-order valence-electron chi connectivity index (χ4n) is 1.09. The topological polar surface area (TPSA) is 85.4 Å². The maximum Gasteiger partial charge on any atom is 0.339 e. The Morgan fingerprint density at radius 3 is 2.93 bits per heavy atom. The Hall–Kier alpha value is -1.78. The molecule has 1 fully saturated rings. The van der Waals surface area contributed by atoms with Crippen molar-refractivity contribution in [2.24, 2.45) is 0 Å². The number of anilines is 1. The first kappa shape index (κ1) is 8.80. The van der Waals surface area contributed by atoms with Crippen LogP contribution in [0.25, 0.3) is 0 Å². The minimum Gasteiger partial charge on any atom is -0.488 e. The summed E-state index contributed by atoms with van der Waals surface area (Å²) in [7, 11) is 0. The van der Waals surface area contributed by atoms with Gasteiger partial charge in [0.2, 0.25) is 0 Å². The highest BCUT2D eigenvalue weighted by atomic mass is 16.5. The van der Waals surface area contributed by atoms with Crippen LogP contribution in [0, 0.1) is 0 Å². The summed E-state index contributed by atoms with van der Waals surface area (Å²) in [6, 6.07) is 1.31. The number of nitrogen functional groups attached to an aromatic ring is 1. The number of hydrogen-bond donors (Lipinski definition) is 2. The first-order valence-corrected chi connectivity index (χ1v) is 4.32. The fourth-order valence-corrected chi connectivity index (χ4v) is 1.09. The Labute approximate surface area is 80.5 Å². The van der Waals surface area contributed by atoms with Gasteiger partial charge in [-0.3, -0.25) is 0 Å². The molecule has 0 aromatic carbocycles. The molecule has 1 saturated carbocycles.